The van der Waals surface area contributed by atoms with Gasteiger partial charge >= 0.3 is 6.09 Å². The van der Waals surface area contributed by atoms with E-state index < -0.39 is 6.09 Å². The quantitative estimate of drug-likeness (QED) is 0.872. The molecule has 1 amide bonds. The van der Waals surface area contributed by atoms with Gasteiger partial charge in [0.15, 0.2) is 6.61 Å². The van der Waals surface area contributed by atoms with E-state index in [1.165, 1.54) is 0 Å². The molecule has 18 heavy (non-hydrogen) atoms. The number of nitrogens with one attached hydrogen (secondary N) is 1. The van der Waals surface area contributed by atoms with Crippen molar-refractivity contribution in [2.24, 2.45) is 0 Å². The average molecular weight is 311 g/mol. The van der Waals surface area contributed by atoms with E-state index in [1.807, 2.05) is 31.1 Å². The van der Waals surface area contributed by atoms with Gasteiger partial charge in [-0.05, 0) is 32.3 Å². The van der Waals surface area contributed by atoms with Gasteiger partial charge in [0.2, 0.25) is 0 Å². The number of ether oxygens (including phenoxy) is 1. The van der Waals surface area contributed by atoms with Gasteiger partial charge in [0.05, 0.1) is 6.54 Å². The predicted octanol–water partition coefficient (Wildman–Crippen LogP) is 2.56. The Labute approximate surface area is 115 Å². The number of carbonyl (C=O) groups excluding carboxylic acids is 1. The smallest absolute Gasteiger partial charge is 0.412 e. The van der Waals surface area contributed by atoms with Gasteiger partial charge in [-0.2, -0.15) is 0 Å². The van der Waals surface area contributed by atoms with E-state index in [9.17, 15) is 4.79 Å². The first-order chi connectivity index (χ1) is 8.58. The molecule has 0 aliphatic rings. The van der Waals surface area contributed by atoms with Crippen molar-refractivity contribution in [2.45, 2.75) is 0 Å². The molecule has 1 N–H and O–H groups in total. The maximum atomic E-state index is 11.4. The standard InChI is InChI=1S/C13H15BrN2O2/c1-16(2)8-3-4-9-18-13(17)15-12-7-5-6-11(14)10-12/h5-7,10H,8-9H2,1-2H3,(H,15,17). The minimum Gasteiger partial charge on any atom is -0.436 e. The molecule has 0 atom stereocenters. The predicted molar refractivity (Wildman–Crippen MR) is 75.4 cm³/mol. The lowest BCUT2D eigenvalue weighted by Gasteiger charge is -2.04. The van der Waals surface area contributed by atoms with Crippen LogP contribution in [0.3, 0.4) is 0 Å². The third-order valence-corrected chi connectivity index (χ3v) is 2.36. The van der Waals surface area contributed by atoms with Crippen LogP contribution >= 0.6 is 15.9 Å². The highest BCUT2D eigenvalue weighted by Gasteiger charge is 2.01. The third-order valence-electron chi connectivity index (χ3n) is 1.87. The van der Waals surface area contributed by atoms with Gasteiger partial charge in [0.1, 0.15) is 0 Å². The minimum absolute atomic E-state index is 0.0909. The lowest BCUT2D eigenvalue weighted by atomic mass is 10.3. The number of rotatable bonds is 3. The maximum absolute atomic E-state index is 11.4. The molecule has 0 spiro atoms. The Balaban J connectivity index is 2.31. The van der Waals surface area contributed by atoms with E-state index in [1.54, 1.807) is 12.1 Å². The van der Waals surface area contributed by atoms with E-state index in [4.69, 9.17) is 4.74 Å². The van der Waals surface area contributed by atoms with Crippen LogP contribution in [0.4, 0.5) is 10.5 Å². The fourth-order valence-corrected chi connectivity index (χ4v) is 1.49. The first kappa shape index (κ1) is 14.6. The van der Waals surface area contributed by atoms with E-state index >= 15 is 0 Å². The van der Waals surface area contributed by atoms with E-state index in [0.29, 0.717) is 12.2 Å². The van der Waals surface area contributed by atoms with Crippen LogP contribution in [0.2, 0.25) is 0 Å². The second kappa shape index (κ2) is 7.75. The van der Waals surface area contributed by atoms with Crippen LogP contribution in [-0.4, -0.2) is 38.2 Å². The summed E-state index contributed by atoms with van der Waals surface area (Å²) in [6, 6.07) is 7.28. The number of benzene rings is 1. The second-order valence-corrected chi connectivity index (χ2v) is 4.72. The first-order valence-electron chi connectivity index (χ1n) is 5.38. The average Bonchev–Trinajstić information content (AvgIpc) is 2.28. The number of anilines is 1. The van der Waals surface area contributed by atoms with E-state index in [2.05, 4.69) is 33.1 Å². The highest BCUT2D eigenvalue weighted by atomic mass is 79.9. The van der Waals surface area contributed by atoms with Crippen molar-refractivity contribution in [1.29, 1.82) is 0 Å². The molecule has 0 fully saturated rings. The summed E-state index contributed by atoms with van der Waals surface area (Å²) < 4.78 is 5.80. The van der Waals surface area contributed by atoms with Crippen molar-refractivity contribution < 1.29 is 9.53 Å². The van der Waals surface area contributed by atoms with Crippen molar-refractivity contribution in [1.82, 2.24) is 4.90 Å². The Morgan fingerprint density at radius 3 is 2.89 bits per heavy atom. The summed E-state index contributed by atoms with van der Waals surface area (Å²) in [5.74, 6) is 5.64. The zero-order valence-electron chi connectivity index (χ0n) is 10.4. The molecule has 1 aromatic carbocycles. The second-order valence-electron chi connectivity index (χ2n) is 3.80. The molecule has 0 bridgehead atoms. The molecule has 0 aromatic heterocycles. The summed E-state index contributed by atoms with van der Waals surface area (Å²) in [6.45, 7) is 0.740. The van der Waals surface area contributed by atoms with Crippen LogP contribution in [0.15, 0.2) is 28.7 Å². The summed E-state index contributed by atoms with van der Waals surface area (Å²) in [7, 11) is 3.85. The van der Waals surface area contributed by atoms with Gasteiger partial charge in [-0.15, -0.1) is 0 Å². The zero-order valence-corrected chi connectivity index (χ0v) is 12.0. The Kier molecular flexibility index (Phi) is 6.26. The Bertz CT molecular complexity index is 464. The van der Waals surface area contributed by atoms with E-state index in [-0.39, 0.29) is 6.61 Å². The van der Waals surface area contributed by atoms with Gasteiger partial charge in [-0.3, -0.25) is 10.2 Å². The fourth-order valence-electron chi connectivity index (χ4n) is 1.09. The van der Waals surface area contributed by atoms with Gasteiger partial charge in [0, 0.05) is 10.2 Å². The van der Waals surface area contributed by atoms with Crippen molar-refractivity contribution in [3.8, 4) is 11.8 Å². The van der Waals surface area contributed by atoms with E-state index in [0.717, 1.165) is 4.47 Å². The number of nitrogens with zero attached hydrogens (tertiary/aromatic N) is 1. The van der Waals surface area contributed by atoms with Crippen LogP contribution < -0.4 is 5.32 Å². The molecule has 0 aliphatic carbocycles. The van der Waals surface area contributed by atoms with Crippen LogP contribution in [0.5, 0.6) is 0 Å². The molecule has 4 nitrogen and oxygen atoms in total. The van der Waals surface area contributed by atoms with Gasteiger partial charge < -0.3 is 4.74 Å². The Hall–Kier alpha value is -1.51. The summed E-state index contributed by atoms with van der Waals surface area (Å²) in [5, 5.41) is 2.61. The summed E-state index contributed by atoms with van der Waals surface area (Å²) in [4.78, 5) is 13.3. The third kappa shape index (κ3) is 6.28. The number of halogens is 1. The topological polar surface area (TPSA) is 41.6 Å². The molecular formula is C13H15BrN2O2. The highest BCUT2D eigenvalue weighted by molar-refractivity contribution is 9.10. The minimum atomic E-state index is -0.507. The molecule has 1 aromatic rings. The Morgan fingerprint density at radius 2 is 2.22 bits per heavy atom. The molecule has 1 rings (SSSR count). The molecule has 0 unspecified atom stereocenters. The molecule has 0 aliphatic heterocycles. The molecule has 96 valence electrons. The monoisotopic (exact) mass is 310 g/mol. The number of amides is 1. The van der Waals surface area contributed by atoms with Crippen LogP contribution in [-0.2, 0) is 4.74 Å². The fraction of sp³-hybridized carbons (Fsp3) is 0.308. The van der Waals surface area contributed by atoms with Crippen molar-refractivity contribution in [3.05, 3.63) is 28.7 Å². The maximum Gasteiger partial charge on any atom is 0.412 e. The molecule has 0 saturated carbocycles. The Morgan fingerprint density at radius 1 is 1.44 bits per heavy atom. The molecule has 0 radical (unpaired) electrons. The lowest BCUT2D eigenvalue weighted by molar-refractivity contribution is 0.176. The molecule has 0 saturated heterocycles. The lowest BCUT2D eigenvalue weighted by Crippen LogP contribution is -2.14. The van der Waals surface area contributed by atoms with Crippen LogP contribution in [0.1, 0.15) is 0 Å². The number of carbonyl (C=O) groups is 1. The van der Waals surface area contributed by atoms with Crippen LogP contribution in [0.25, 0.3) is 0 Å². The normalized spacial score (nSPS) is 9.56. The highest BCUT2D eigenvalue weighted by Crippen LogP contribution is 2.15. The molecular weight excluding hydrogens is 296 g/mol. The number of hydrogen-bond acceptors (Lipinski definition) is 3. The van der Waals surface area contributed by atoms with Crippen molar-refractivity contribution in [3.63, 3.8) is 0 Å². The SMILES string of the molecule is CN(C)CC#CCOC(=O)Nc1cccc(Br)c1. The largest absolute Gasteiger partial charge is 0.436 e. The zero-order chi connectivity index (χ0) is 13.4. The van der Waals surface area contributed by atoms with Gasteiger partial charge in [-0.25, -0.2) is 4.79 Å². The van der Waals surface area contributed by atoms with Crippen molar-refractivity contribution >= 4 is 27.7 Å². The summed E-state index contributed by atoms with van der Waals surface area (Å²) >= 11 is 3.32. The van der Waals surface area contributed by atoms with Gasteiger partial charge in [-0.1, -0.05) is 33.8 Å². The number of hydrogen-bond donors (Lipinski definition) is 1. The first-order valence-corrected chi connectivity index (χ1v) is 6.17. The summed E-state index contributed by atoms with van der Waals surface area (Å²) in [6.07, 6.45) is -0.507. The molecule has 0 heterocycles. The van der Waals surface area contributed by atoms with Crippen molar-refractivity contribution in [2.75, 3.05) is 32.6 Å². The summed E-state index contributed by atoms with van der Waals surface area (Å²) in [5.41, 5.74) is 0.677. The molecule has 5 heteroatoms. The van der Waals surface area contributed by atoms with Crippen LogP contribution in [0, 0.1) is 11.8 Å². The van der Waals surface area contributed by atoms with Gasteiger partial charge in [0.25, 0.3) is 0 Å².